The summed E-state index contributed by atoms with van der Waals surface area (Å²) in [6.45, 7) is 1.72. The SMILES string of the molecule is Cc1c(C(=O)Nc2ccc(C#N)c(Cl)c2)sc2ncn(C)c(=O)c12. The number of aromatic nitrogens is 2. The number of hydrogen-bond acceptors (Lipinski definition) is 5. The summed E-state index contributed by atoms with van der Waals surface area (Å²) in [7, 11) is 1.62. The van der Waals surface area contributed by atoms with E-state index in [1.807, 2.05) is 6.07 Å². The van der Waals surface area contributed by atoms with Gasteiger partial charge >= 0.3 is 0 Å². The van der Waals surface area contributed by atoms with Gasteiger partial charge in [-0.25, -0.2) is 4.98 Å². The van der Waals surface area contributed by atoms with Crippen molar-refractivity contribution >= 4 is 44.7 Å². The molecule has 0 unspecified atom stereocenters. The van der Waals surface area contributed by atoms with Crippen LogP contribution in [0.4, 0.5) is 5.69 Å². The second-order valence-corrected chi connectivity index (χ2v) is 6.56. The number of fused-ring (bicyclic) bond motifs is 1. The van der Waals surface area contributed by atoms with Crippen LogP contribution in [0.1, 0.15) is 20.8 Å². The molecule has 2 heterocycles. The summed E-state index contributed by atoms with van der Waals surface area (Å²) in [4.78, 5) is 29.9. The predicted molar refractivity (Wildman–Crippen MR) is 93.7 cm³/mol. The average molecular weight is 359 g/mol. The number of aryl methyl sites for hydroxylation is 2. The maximum Gasteiger partial charge on any atom is 0.266 e. The van der Waals surface area contributed by atoms with E-state index in [0.717, 1.165) is 11.3 Å². The second-order valence-electron chi connectivity index (χ2n) is 5.16. The Balaban J connectivity index is 1.99. The van der Waals surface area contributed by atoms with E-state index in [4.69, 9.17) is 16.9 Å². The van der Waals surface area contributed by atoms with Gasteiger partial charge in [0.25, 0.3) is 11.5 Å². The highest BCUT2D eigenvalue weighted by Crippen LogP contribution is 2.28. The van der Waals surface area contributed by atoms with Gasteiger partial charge in [-0.15, -0.1) is 11.3 Å². The zero-order valence-electron chi connectivity index (χ0n) is 12.8. The first-order valence-electron chi connectivity index (χ1n) is 6.88. The Morgan fingerprint density at radius 1 is 1.46 bits per heavy atom. The summed E-state index contributed by atoms with van der Waals surface area (Å²) in [5.41, 5.74) is 1.22. The molecule has 3 aromatic rings. The lowest BCUT2D eigenvalue weighted by Gasteiger charge is -2.05. The van der Waals surface area contributed by atoms with Crippen LogP contribution in [-0.4, -0.2) is 15.5 Å². The second kappa shape index (κ2) is 6.07. The number of nitrogens with zero attached hydrogens (tertiary/aromatic N) is 3. The molecule has 0 atom stereocenters. The standard InChI is InChI=1S/C16H11ClN4O2S/c1-8-12-15(19-7-21(2)16(12)23)24-13(8)14(22)20-10-4-3-9(6-18)11(17)5-10/h3-5,7H,1-2H3,(H,20,22). The number of hydrogen-bond donors (Lipinski definition) is 1. The molecule has 3 rings (SSSR count). The lowest BCUT2D eigenvalue weighted by atomic mass is 10.2. The zero-order chi connectivity index (χ0) is 17.4. The van der Waals surface area contributed by atoms with E-state index in [1.165, 1.54) is 23.0 Å². The van der Waals surface area contributed by atoms with E-state index in [2.05, 4.69) is 10.3 Å². The van der Waals surface area contributed by atoms with Gasteiger partial charge in [0.2, 0.25) is 0 Å². The van der Waals surface area contributed by atoms with Crippen LogP contribution >= 0.6 is 22.9 Å². The van der Waals surface area contributed by atoms with Gasteiger partial charge in [0, 0.05) is 12.7 Å². The average Bonchev–Trinajstić information content (AvgIpc) is 2.89. The highest BCUT2D eigenvalue weighted by Gasteiger charge is 2.19. The number of anilines is 1. The number of carbonyl (C=O) groups excluding carboxylic acids is 1. The van der Waals surface area contributed by atoms with Gasteiger partial charge in [-0.05, 0) is 30.7 Å². The molecular formula is C16H11ClN4O2S. The maximum atomic E-state index is 12.5. The molecule has 0 aliphatic carbocycles. The lowest BCUT2D eigenvalue weighted by molar-refractivity contribution is 0.103. The van der Waals surface area contributed by atoms with Crippen molar-refractivity contribution in [1.82, 2.24) is 9.55 Å². The Morgan fingerprint density at radius 2 is 2.21 bits per heavy atom. The summed E-state index contributed by atoms with van der Waals surface area (Å²) >= 11 is 7.13. The molecule has 2 aromatic heterocycles. The van der Waals surface area contributed by atoms with Crippen LogP contribution in [0.3, 0.4) is 0 Å². The molecule has 1 aromatic carbocycles. The largest absolute Gasteiger partial charge is 0.321 e. The van der Waals surface area contributed by atoms with Crippen LogP contribution in [0.5, 0.6) is 0 Å². The molecule has 1 N–H and O–H groups in total. The Labute approximate surface area is 145 Å². The molecule has 0 fully saturated rings. The third-order valence-electron chi connectivity index (χ3n) is 3.56. The van der Waals surface area contributed by atoms with Crippen LogP contribution < -0.4 is 10.9 Å². The van der Waals surface area contributed by atoms with Crippen molar-refractivity contribution in [3.8, 4) is 6.07 Å². The smallest absolute Gasteiger partial charge is 0.266 e. The third-order valence-corrected chi connectivity index (χ3v) is 5.08. The van der Waals surface area contributed by atoms with Gasteiger partial charge in [0.15, 0.2) is 0 Å². The first-order valence-corrected chi connectivity index (χ1v) is 8.07. The van der Waals surface area contributed by atoms with E-state index >= 15 is 0 Å². The van der Waals surface area contributed by atoms with Crippen molar-refractivity contribution in [2.75, 3.05) is 5.32 Å². The molecule has 0 saturated heterocycles. The van der Waals surface area contributed by atoms with Crippen molar-refractivity contribution in [2.45, 2.75) is 6.92 Å². The molecule has 0 bridgehead atoms. The molecule has 0 aliphatic rings. The molecule has 6 nitrogen and oxygen atoms in total. The summed E-state index contributed by atoms with van der Waals surface area (Å²) < 4.78 is 1.38. The van der Waals surface area contributed by atoms with Gasteiger partial charge in [-0.3, -0.25) is 9.59 Å². The third kappa shape index (κ3) is 2.66. The topological polar surface area (TPSA) is 87.8 Å². The summed E-state index contributed by atoms with van der Waals surface area (Å²) in [5.74, 6) is -0.349. The Bertz CT molecular complexity index is 1080. The number of nitrogens with one attached hydrogen (secondary N) is 1. The Kier molecular flexibility index (Phi) is 4.09. The molecule has 0 aliphatic heterocycles. The highest BCUT2D eigenvalue weighted by atomic mass is 35.5. The first-order chi connectivity index (χ1) is 11.4. The number of carbonyl (C=O) groups is 1. The number of amides is 1. The molecule has 1 amide bonds. The number of halogens is 1. The van der Waals surface area contributed by atoms with E-state index in [9.17, 15) is 9.59 Å². The van der Waals surface area contributed by atoms with Crippen LogP contribution in [0.25, 0.3) is 10.2 Å². The number of thiophene rings is 1. The fourth-order valence-electron chi connectivity index (χ4n) is 2.30. The molecule has 8 heteroatoms. The maximum absolute atomic E-state index is 12.5. The first kappa shape index (κ1) is 16.2. The molecule has 0 saturated carbocycles. The van der Waals surface area contributed by atoms with E-state index in [0.29, 0.717) is 31.9 Å². The van der Waals surface area contributed by atoms with Crippen LogP contribution in [-0.2, 0) is 7.05 Å². The van der Waals surface area contributed by atoms with Crippen molar-refractivity contribution in [3.05, 3.63) is 55.9 Å². The fraction of sp³-hybridized carbons (Fsp3) is 0.125. The highest BCUT2D eigenvalue weighted by molar-refractivity contribution is 7.20. The van der Waals surface area contributed by atoms with Crippen LogP contribution in [0, 0.1) is 18.3 Å². The van der Waals surface area contributed by atoms with Gasteiger partial charge in [-0.1, -0.05) is 11.6 Å². The van der Waals surface area contributed by atoms with Gasteiger partial charge in [0.1, 0.15) is 10.9 Å². The van der Waals surface area contributed by atoms with Crippen molar-refractivity contribution in [3.63, 3.8) is 0 Å². The van der Waals surface area contributed by atoms with Gasteiger partial charge in [0.05, 0.1) is 27.2 Å². The molecule has 0 spiro atoms. The van der Waals surface area contributed by atoms with Gasteiger partial charge in [-0.2, -0.15) is 5.26 Å². The van der Waals surface area contributed by atoms with Crippen molar-refractivity contribution in [2.24, 2.45) is 7.05 Å². The van der Waals surface area contributed by atoms with Crippen molar-refractivity contribution in [1.29, 1.82) is 5.26 Å². The molecule has 120 valence electrons. The summed E-state index contributed by atoms with van der Waals surface area (Å²) in [5, 5.41) is 12.3. The quantitative estimate of drug-likeness (QED) is 0.762. The molecule has 0 radical (unpaired) electrons. The zero-order valence-corrected chi connectivity index (χ0v) is 14.3. The van der Waals surface area contributed by atoms with E-state index < -0.39 is 0 Å². The summed E-state index contributed by atoms with van der Waals surface area (Å²) in [6.07, 6.45) is 1.43. The molecular weight excluding hydrogens is 348 g/mol. The molecule has 24 heavy (non-hydrogen) atoms. The number of benzene rings is 1. The number of nitriles is 1. The Hall–Kier alpha value is -2.69. The predicted octanol–water partition coefficient (Wildman–Crippen LogP) is 3.08. The van der Waals surface area contributed by atoms with Crippen LogP contribution in [0.15, 0.2) is 29.3 Å². The minimum Gasteiger partial charge on any atom is -0.321 e. The minimum absolute atomic E-state index is 0.186. The fourth-order valence-corrected chi connectivity index (χ4v) is 3.55. The van der Waals surface area contributed by atoms with Crippen LogP contribution in [0.2, 0.25) is 5.02 Å². The normalized spacial score (nSPS) is 10.6. The van der Waals surface area contributed by atoms with Gasteiger partial charge < -0.3 is 9.88 Å². The summed E-state index contributed by atoms with van der Waals surface area (Å²) in [6, 6.07) is 6.60. The minimum atomic E-state index is -0.349. The monoisotopic (exact) mass is 358 g/mol. The van der Waals surface area contributed by atoms with Crippen molar-refractivity contribution < 1.29 is 4.79 Å². The van der Waals surface area contributed by atoms with E-state index in [1.54, 1.807) is 20.0 Å². The number of rotatable bonds is 2. The lowest BCUT2D eigenvalue weighted by Crippen LogP contribution is -2.17. The Morgan fingerprint density at radius 3 is 2.88 bits per heavy atom. The van der Waals surface area contributed by atoms with E-state index in [-0.39, 0.29) is 16.5 Å².